The number of methoxy groups -OCH3 is 1. The minimum atomic E-state index is -0.438. The molecule has 0 saturated heterocycles. The molecule has 0 saturated carbocycles. The molecule has 1 aliphatic carbocycles. The van der Waals surface area contributed by atoms with Gasteiger partial charge in [0, 0.05) is 11.5 Å². The van der Waals surface area contributed by atoms with Crippen LogP contribution in [0.2, 0.25) is 0 Å². The molecular weight excluding hydrogens is 290 g/mol. The van der Waals surface area contributed by atoms with E-state index in [1.165, 1.54) is 7.11 Å². The Bertz CT molecular complexity index is 782. The average Bonchev–Trinajstić information content (AvgIpc) is 2.56. The Morgan fingerprint density at radius 2 is 2.00 bits per heavy atom. The number of allylic oxidation sites excluding steroid dienone is 5. The van der Waals surface area contributed by atoms with Gasteiger partial charge in [0.1, 0.15) is 0 Å². The number of esters is 1. The largest absolute Gasteiger partial charge is 0.469 e. The van der Waals surface area contributed by atoms with E-state index in [0.717, 1.165) is 22.4 Å². The fourth-order valence-electron chi connectivity index (χ4n) is 2.91. The van der Waals surface area contributed by atoms with Gasteiger partial charge in [-0.25, -0.2) is 4.99 Å². The molecule has 0 aromatic heterocycles. The number of rotatable bonds is 3. The molecule has 3 rings (SSSR count). The summed E-state index contributed by atoms with van der Waals surface area (Å²) >= 11 is 0. The predicted octanol–water partition coefficient (Wildman–Crippen LogP) is 3.12. The van der Waals surface area contributed by atoms with E-state index in [1.54, 1.807) is 0 Å². The van der Waals surface area contributed by atoms with E-state index in [1.807, 2.05) is 55.5 Å². The predicted molar refractivity (Wildman–Crippen MR) is 88.8 cm³/mol. The fourth-order valence-corrected chi connectivity index (χ4v) is 2.91. The molecule has 1 amide bonds. The molecule has 0 radical (unpaired) electrons. The average molecular weight is 307 g/mol. The van der Waals surface area contributed by atoms with Crippen LogP contribution in [-0.4, -0.2) is 24.7 Å². The number of fused-ring (bicyclic) bond motifs is 1. The van der Waals surface area contributed by atoms with E-state index in [-0.39, 0.29) is 18.2 Å². The van der Waals surface area contributed by atoms with Gasteiger partial charge in [-0.3, -0.25) is 9.59 Å². The SMILES string of the molecule is COC(=O)CC1=C(c2ccccc2)C2C=CC(C)=CC2=NC1=O. The topological polar surface area (TPSA) is 55.7 Å². The summed E-state index contributed by atoms with van der Waals surface area (Å²) in [5.41, 5.74) is 3.95. The summed E-state index contributed by atoms with van der Waals surface area (Å²) in [4.78, 5) is 28.4. The summed E-state index contributed by atoms with van der Waals surface area (Å²) in [7, 11) is 1.32. The molecule has 1 heterocycles. The molecule has 0 N–H and O–H groups in total. The maximum Gasteiger partial charge on any atom is 0.310 e. The van der Waals surface area contributed by atoms with E-state index < -0.39 is 5.97 Å². The number of nitrogens with zero attached hydrogens (tertiary/aromatic N) is 1. The second-order valence-corrected chi connectivity index (χ2v) is 5.58. The van der Waals surface area contributed by atoms with Crippen LogP contribution < -0.4 is 0 Å². The van der Waals surface area contributed by atoms with E-state index in [0.29, 0.717) is 5.57 Å². The lowest BCUT2D eigenvalue weighted by molar-refractivity contribution is -0.140. The van der Waals surface area contributed by atoms with Crippen molar-refractivity contribution in [1.29, 1.82) is 0 Å². The van der Waals surface area contributed by atoms with E-state index in [4.69, 9.17) is 4.74 Å². The van der Waals surface area contributed by atoms with Crippen LogP contribution in [-0.2, 0) is 14.3 Å². The van der Waals surface area contributed by atoms with E-state index in [2.05, 4.69) is 4.99 Å². The number of benzene rings is 1. The van der Waals surface area contributed by atoms with Crippen molar-refractivity contribution in [2.75, 3.05) is 7.11 Å². The van der Waals surface area contributed by atoms with Gasteiger partial charge in [0.05, 0.1) is 19.2 Å². The quantitative estimate of drug-likeness (QED) is 0.806. The van der Waals surface area contributed by atoms with Crippen molar-refractivity contribution in [3.05, 3.63) is 65.3 Å². The lowest BCUT2D eigenvalue weighted by atomic mass is 9.79. The Morgan fingerprint density at radius 3 is 2.70 bits per heavy atom. The van der Waals surface area contributed by atoms with Crippen LogP contribution in [0.25, 0.3) is 5.57 Å². The number of aliphatic imine (C=N–C) groups is 1. The number of hydrogen-bond donors (Lipinski definition) is 0. The fraction of sp³-hybridized carbons (Fsp3) is 0.211. The lowest BCUT2D eigenvalue weighted by Gasteiger charge is -2.27. The number of dihydropyridines is 1. The number of ether oxygens (including phenoxy) is 1. The molecule has 1 unspecified atom stereocenters. The second kappa shape index (κ2) is 6.16. The molecule has 116 valence electrons. The van der Waals surface area contributed by atoms with Crippen molar-refractivity contribution in [3.63, 3.8) is 0 Å². The summed E-state index contributed by atoms with van der Waals surface area (Å²) in [5, 5.41) is 0. The highest BCUT2D eigenvalue weighted by Gasteiger charge is 2.32. The molecule has 23 heavy (non-hydrogen) atoms. The summed E-state index contributed by atoms with van der Waals surface area (Å²) in [6, 6.07) is 9.65. The molecule has 1 aromatic carbocycles. The van der Waals surface area contributed by atoms with Gasteiger partial charge in [-0.1, -0.05) is 42.5 Å². The highest BCUT2D eigenvalue weighted by molar-refractivity contribution is 6.21. The monoisotopic (exact) mass is 307 g/mol. The van der Waals surface area contributed by atoms with Gasteiger partial charge in [0.25, 0.3) is 5.91 Å². The molecule has 0 bridgehead atoms. The van der Waals surface area contributed by atoms with Gasteiger partial charge < -0.3 is 4.74 Å². The van der Waals surface area contributed by atoms with Gasteiger partial charge in [0.15, 0.2) is 0 Å². The Labute approximate surface area is 134 Å². The highest BCUT2D eigenvalue weighted by atomic mass is 16.5. The summed E-state index contributed by atoms with van der Waals surface area (Å²) in [6.45, 7) is 1.97. The third-order valence-electron chi connectivity index (χ3n) is 4.00. The molecule has 1 aromatic rings. The van der Waals surface area contributed by atoms with Gasteiger partial charge >= 0.3 is 5.97 Å². The Hall–Kier alpha value is -2.75. The van der Waals surface area contributed by atoms with Crippen LogP contribution in [0.1, 0.15) is 18.9 Å². The van der Waals surface area contributed by atoms with Crippen LogP contribution in [0.4, 0.5) is 0 Å². The molecule has 0 spiro atoms. The van der Waals surface area contributed by atoms with Crippen molar-refractivity contribution in [2.45, 2.75) is 13.3 Å². The number of amides is 1. The first-order chi connectivity index (χ1) is 11.1. The minimum Gasteiger partial charge on any atom is -0.469 e. The van der Waals surface area contributed by atoms with E-state index in [9.17, 15) is 9.59 Å². The van der Waals surface area contributed by atoms with E-state index >= 15 is 0 Å². The number of hydrogen-bond acceptors (Lipinski definition) is 3. The first-order valence-electron chi connectivity index (χ1n) is 7.45. The lowest BCUT2D eigenvalue weighted by Crippen LogP contribution is -2.26. The zero-order valence-corrected chi connectivity index (χ0v) is 13.1. The van der Waals surface area contributed by atoms with Gasteiger partial charge in [-0.05, 0) is 29.7 Å². The molecule has 4 nitrogen and oxygen atoms in total. The standard InChI is InChI=1S/C19H17NO3/c1-12-8-9-14-16(10-12)20-19(22)15(11-17(21)23-2)18(14)13-6-4-3-5-7-13/h3-10,14H,11H2,1-2H3. The molecule has 2 aliphatic rings. The van der Waals surface area contributed by atoms with Gasteiger partial charge in [-0.15, -0.1) is 0 Å². The van der Waals surface area contributed by atoms with Crippen LogP contribution in [0.3, 0.4) is 0 Å². The highest BCUT2D eigenvalue weighted by Crippen LogP contribution is 2.37. The molecular formula is C19H17NO3. The van der Waals surface area contributed by atoms with Crippen LogP contribution in [0.5, 0.6) is 0 Å². The first kappa shape index (κ1) is 15.2. The molecule has 4 heteroatoms. The Balaban J connectivity index is 2.15. The summed E-state index contributed by atoms with van der Waals surface area (Å²) in [6.07, 6.45) is 5.89. The maximum absolute atomic E-state index is 12.5. The molecule has 1 atom stereocenters. The zero-order valence-electron chi connectivity index (χ0n) is 13.1. The van der Waals surface area contributed by atoms with Crippen LogP contribution >= 0.6 is 0 Å². The normalized spacial score (nSPS) is 19.9. The van der Waals surface area contributed by atoms with Crippen molar-refractivity contribution >= 4 is 23.2 Å². The van der Waals surface area contributed by atoms with Crippen LogP contribution in [0, 0.1) is 5.92 Å². The van der Waals surface area contributed by atoms with Crippen LogP contribution in [0.15, 0.2) is 64.7 Å². The summed E-state index contributed by atoms with van der Waals surface area (Å²) in [5.74, 6) is -0.912. The van der Waals surface area contributed by atoms with Gasteiger partial charge in [-0.2, -0.15) is 0 Å². The summed E-state index contributed by atoms with van der Waals surface area (Å²) < 4.78 is 4.73. The Kier molecular flexibility index (Phi) is 4.06. The van der Waals surface area contributed by atoms with Crippen molar-refractivity contribution in [3.8, 4) is 0 Å². The maximum atomic E-state index is 12.5. The minimum absolute atomic E-state index is 0.0661. The molecule has 1 aliphatic heterocycles. The van der Waals surface area contributed by atoms with Crippen molar-refractivity contribution in [2.24, 2.45) is 10.9 Å². The zero-order chi connectivity index (χ0) is 16.4. The van der Waals surface area contributed by atoms with Gasteiger partial charge in [0.2, 0.25) is 0 Å². The van der Waals surface area contributed by atoms with Crippen molar-refractivity contribution in [1.82, 2.24) is 0 Å². The second-order valence-electron chi connectivity index (χ2n) is 5.58. The first-order valence-corrected chi connectivity index (χ1v) is 7.45. The number of carbonyl (C=O) groups is 2. The third kappa shape index (κ3) is 2.93. The van der Waals surface area contributed by atoms with Crippen molar-refractivity contribution < 1.29 is 14.3 Å². The number of carbonyl (C=O) groups excluding carboxylic acids is 2. The molecule has 0 fully saturated rings. The Morgan fingerprint density at radius 1 is 1.26 bits per heavy atom. The smallest absolute Gasteiger partial charge is 0.310 e. The third-order valence-corrected chi connectivity index (χ3v) is 4.00.